The maximum absolute atomic E-state index is 13.2. The molecule has 2 amide bonds. The van der Waals surface area contributed by atoms with Crippen LogP contribution in [0, 0.1) is 11.8 Å². The van der Waals surface area contributed by atoms with Gasteiger partial charge in [-0.2, -0.15) is 0 Å². The molecule has 0 bridgehead atoms. The first-order chi connectivity index (χ1) is 13.6. The zero-order chi connectivity index (χ0) is 19.5. The van der Waals surface area contributed by atoms with Crippen LogP contribution in [0.15, 0.2) is 48.8 Å². The molecule has 1 atom stereocenters. The lowest BCUT2D eigenvalue weighted by atomic mass is 9.80. The molecule has 1 fully saturated rings. The molecule has 1 aliphatic carbocycles. The smallest absolute Gasteiger partial charge is 0.230 e. The highest BCUT2D eigenvalue weighted by Gasteiger charge is 2.37. The SMILES string of the molecule is CC1Cc2ccccc2N1C(=O)C1CCC(C(=O)NCc2ccncc2)CC1. The second-order valence-electron chi connectivity index (χ2n) is 8.01. The van der Waals surface area contributed by atoms with Gasteiger partial charge in [-0.05, 0) is 68.4 Å². The molecule has 4 rings (SSSR count). The summed E-state index contributed by atoms with van der Waals surface area (Å²) in [5.74, 6) is 0.364. The Morgan fingerprint density at radius 2 is 1.71 bits per heavy atom. The quantitative estimate of drug-likeness (QED) is 0.887. The number of para-hydroxylation sites is 1. The van der Waals surface area contributed by atoms with E-state index in [4.69, 9.17) is 0 Å². The summed E-state index contributed by atoms with van der Waals surface area (Å²) in [4.78, 5) is 31.7. The molecule has 2 aliphatic rings. The van der Waals surface area contributed by atoms with Gasteiger partial charge in [-0.15, -0.1) is 0 Å². The number of anilines is 1. The van der Waals surface area contributed by atoms with Crippen molar-refractivity contribution >= 4 is 17.5 Å². The van der Waals surface area contributed by atoms with Gasteiger partial charge in [0.1, 0.15) is 0 Å². The zero-order valence-electron chi connectivity index (χ0n) is 16.3. The van der Waals surface area contributed by atoms with Gasteiger partial charge >= 0.3 is 0 Å². The van der Waals surface area contributed by atoms with Crippen molar-refractivity contribution in [1.82, 2.24) is 10.3 Å². The molecule has 2 heterocycles. The number of pyridine rings is 1. The summed E-state index contributed by atoms with van der Waals surface area (Å²) in [5, 5.41) is 3.03. The average Bonchev–Trinajstić information content (AvgIpc) is 3.08. The molecule has 1 aromatic carbocycles. The first kappa shape index (κ1) is 18.7. The van der Waals surface area contributed by atoms with Gasteiger partial charge in [0.05, 0.1) is 0 Å². The Labute approximate surface area is 166 Å². The summed E-state index contributed by atoms with van der Waals surface area (Å²) in [6.45, 7) is 2.65. The highest BCUT2D eigenvalue weighted by molar-refractivity contribution is 5.97. The van der Waals surface area contributed by atoms with Gasteiger partial charge in [-0.3, -0.25) is 14.6 Å². The fraction of sp³-hybridized carbons (Fsp3) is 0.435. The number of fused-ring (bicyclic) bond motifs is 1. The Kier molecular flexibility index (Phi) is 5.42. The number of nitrogens with zero attached hydrogens (tertiary/aromatic N) is 2. The number of carbonyl (C=O) groups is 2. The van der Waals surface area contributed by atoms with E-state index in [1.807, 2.05) is 29.2 Å². The van der Waals surface area contributed by atoms with E-state index in [1.165, 1.54) is 5.56 Å². The first-order valence-corrected chi connectivity index (χ1v) is 10.2. The lowest BCUT2D eigenvalue weighted by Crippen LogP contribution is -2.42. The summed E-state index contributed by atoms with van der Waals surface area (Å²) in [6, 6.07) is 12.2. The fourth-order valence-corrected chi connectivity index (χ4v) is 4.53. The van der Waals surface area contributed by atoms with Crippen molar-refractivity contribution < 1.29 is 9.59 Å². The van der Waals surface area contributed by atoms with Crippen molar-refractivity contribution in [2.45, 2.75) is 51.6 Å². The van der Waals surface area contributed by atoms with Crippen LogP contribution in [0.1, 0.15) is 43.7 Å². The van der Waals surface area contributed by atoms with Crippen LogP contribution in [0.3, 0.4) is 0 Å². The summed E-state index contributed by atoms with van der Waals surface area (Å²) >= 11 is 0. The fourth-order valence-electron chi connectivity index (χ4n) is 4.53. The van der Waals surface area contributed by atoms with Crippen LogP contribution < -0.4 is 10.2 Å². The Morgan fingerprint density at radius 3 is 2.46 bits per heavy atom. The minimum atomic E-state index is 0.00850. The van der Waals surface area contributed by atoms with E-state index in [2.05, 4.69) is 29.4 Å². The summed E-state index contributed by atoms with van der Waals surface area (Å²) < 4.78 is 0. The number of rotatable bonds is 4. The highest BCUT2D eigenvalue weighted by Crippen LogP contribution is 2.37. The van der Waals surface area contributed by atoms with E-state index in [-0.39, 0.29) is 29.7 Å². The van der Waals surface area contributed by atoms with Crippen molar-refractivity contribution in [2.24, 2.45) is 11.8 Å². The molecule has 5 heteroatoms. The topological polar surface area (TPSA) is 62.3 Å². The van der Waals surface area contributed by atoms with Crippen LogP contribution in [0.25, 0.3) is 0 Å². The summed E-state index contributed by atoms with van der Waals surface area (Å²) in [6.07, 6.45) is 7.53. The lowest BCUT2D eigenvalue weighted by Gasteiger charge is -2.32. The number of carbonyl (C=O) groups excluding carboxylic acids is 2. The minimum Gasteiger partial charge on any atom is -0.352 e. The van der Waals surface area contributed by atoms with Crippen LogP contribution in [0.5, 0.6) is 0 Å². The molecular formula is C23H27N3O2. The van der Waals surface area contributed by atoms with Gasteiger partial charge in [0, 0.05) is 42.5 Å². The predicted octanol–water partition coefficient (Wildman–Crippen LogP) is 3.48. The van der Waals surface area contributed by atoms with Crippen LogP contribution in [-0.4, -0.2) is 22.8 Å². The predicted molar refractivity (Wildman–Crippen MR) is 109 cm³/mol. The van der Waals surface area contributed by atoms with Crippen molar-refractivity contribution in [3.05, 3.63) is 59.9 Å². The Balaban J connectivity index is 1.31. The van der Waals surface area contributed by atoms with Crippen molar-refractivity contribution in [2.75, 3.05) is 4.90 Å². The average molecular weight is 377 g/mol. The van der Waals surface area contributed by atoms with Crippen LogP contribution >= 0.6 is 0 Å². The van der Waals surface area contributed by atoms with E-state index >= 15 is 0 Å². The number of nitrogens with one attached hydrogen (secondary N) is 1. The molecule has 1 unspecified atom stereocenters. The molecule has 1 aromatic heterocycles. The highest BCUT2D eigenvalue weighted by atomic mass is 16.2. The summed E-state index contributed by atoms with van der Waals surface area (Å²) in [5.41, 5.74) is 3.37. The third-order valence-electron chi connectivity index (χ3n) is 6.11. The summed E-state index contributed by atoms with van der Waals surface area (Å²) in [7, 11) is 0. The standard InChI is InChI=1S/C23H27N3O2/c1-16-14-20-4-2-3-5-21(20)26(16)23(28)19-8-6-18(7-9-19)22(27)25-15-17-10-12-24-13-11-17/h2-5,10-13,16,18-19H,6-9,14-15H2,1H3,(H,25,27). The van der Waals surface area contributed by atoms with E-state index in [0.717, 1.165) is 43.4 Å². The molecule has 5 nitrogen and oxygen atoms in total. The Morgan fingerprint density at radius 1 is 1.04 bits per heavy atom. The van der Waals surface area contributed by atoms with Crippen LogP contribution in [0.2, 0.25) is 0 Å². The molecule has 0 radical (unpaired) electrons. The Hall–Kier alpha value is -2.69. The van der Waals surface area contributed by atoms with Crippen LogP contribution in [0.4, 0.5) is 5.69 Å². The normalized spacial score (nSPS) is 23.9. The largest absolute Gasteiger partial charge is 0.352 e. The molecule has 1 saturated carbocycles. The van der Waals surface area contributed by atoms with Crippen molar-refractivity contribution in [1.29, 1.82) is 0 Å². The van der Waals surface area contributed by atoms with Crippen molar-refractivity contribution in [3.63, 3.8) is 0 Å². The van der Waals surface area contributed by atoms with E-state index in [9.17, 15) is 9.59 Å². The number of hydrogen-bond donors (Lipinski definition) is 1. The second kappa shape index (κ2) is 8.13. The van der Waals surface area contributed by atoms with Gasteiger partial charge in [0.15, 0.2) is 0 Å². The molecular weight excluding hydrogens is 350 g/mol. The molecule has 0 saturated heterocycles. The third kappa shape index (κ3) is 3.79. The molecule has 1 aliphatic heterocycles. The third-order valence-corrected chi connectivity index (χ3v) is 6.11. The molecule has 28 heavy (non-hydrogen) atoms. The van der Waals surface area contributed by atoms with Crippen molar-refractivity contribution in [3.8, 4) is 0 Å². The van der Waals surface area contributed by atoms with Gasteiger partial charge in [0.25, 0.3) is 0 Å². The van der Waals surface area contributed by atoms with Crippen LogP contribution in [-0.2, 0) is 22.6 Å². The number of benzene rings is 1. The van der Waals surface area contributed by atoms with Gasteiger partial charge in [-0.1, -0.05) is 18.2 Å². The zero-order valence-corrected chi connectivity index (χ0v) is 16.3. The molecule has 0 spiro atoms. The second-order valence-corrected chi connectivity index (χ2v) is 8.01. The van der Waals surface area contributed by atoms with Gasteiger partial charge < -0.3 is 10.2 Å². The molecule has 1 N–H and O–H groups in total. The number of amides is 2. The number of hydrogen-bond acceptors (Lipinski definition) is 3. The molecule has 2 aromatic rings. The van der Waals surface area contributed by atoms with E-state index in [0.29, 0.717) is 6.54 Å². The number of aromatic nitrogens is 1. The van der Waals surface area contributed by atoms with Gasteiger partial charge in [0.2, 0.25) is 11.8 Å². The lowest BCUT2D eigenvalue weighted by molar-refractivity contribution is -0.129. The van der Waals surface area contributed by atoms with E-state index in [1.54, 1.807) is 12.4 Å². The van der Waals surface area contributed by atoms with Gasteiger partial charge in [-0.25, -0.2) is 0 Å². The first-order valence-electron chi connectivity index (χ1n) is 10.2. The molecule has 146 valence electrons. The van der Waals surface area contributed by atoms with E-state index < -0.39 is 0 Å². The monoisotopic (exact) mass is 377 g/mol. The Bertz CT molecular complexity index is 844. The maximum Gasteiger partial charge on any atom is 0.230 e. The maximum atomic E-state index is 13.2. The minimum absolute atomic E-state index is 0.00850.